The van der Waals surface area contributed by atoms with Gasteiger partial charge in [-0.25, -0.2) is 4.39 Å². The molecule has 0 fully saturated rings. The number of benzene rings is 2. The van der Waals surface area contributed by atoms with Crippen molar-refractivity contribution in [2.45, 2.75) is 19.8 Å². The van der Waals surface area contributed by atoms with E-state index in [1.165, 1.54) is 12.1 Å². The highest BCUT2D eigenvalue weighted by Gasteiger charge is 2.22. The Balaban J connectivity index is 2.19. The largest absolute Gasteiger partial charge is 0.496 e. The van der Waals surface area contributed by atoms with Gasteiger partial charge in [-0.05, 0) is 47.7 Å². The molecule has 1 aliphatic heterocycles. The van der Waals surface area contributed by atoms with Crippen LogP contribution in [0.1, 0.15) is 18.9 Å². The number of amides is 1. The number of methoxy groups -OCH3 is 1. The molecule has 4 heteroatoms. The molecule has 1 amide bonds. The fraction of sp³-hybridized carbons (Fsp3) is 0.278. The Kier molecular flexibility index (Phi) is 3.84. The molecule has 0 aliphatic carbocycles. The van der Waals surface area contributed by atoms with Crippen LogP contribution in [-0.2, 0) is 11.2 Å². The van der Waals surface area contributed by atoms with Gasteiger partial charge >= 0.3 is 0 Å². The molecule has 0 aromatic heterocycles. The number of rotatable bonds is 2. The van der Waals surface area contributed by atoms with Crippen LogP contribution in [0.4, 0.5) is 10.1 Å². The van der Waals surface area contributed by atoms with Crippen LogP contribution in [0.25, 0.3) is 11.1 Å². The average molecular weight is 299 g/mol. The van der Waals surface area contributed by atoms with E-state index in [1.54, 1.807) is 13.2 Å². The molecule has 0 bridgehead atoms. The second-order valence-electron chi connectivity index (χ2n) is 5.74. The first kappa shape index (κ1) is 14.6. The minimum Gasteiger partial charge on any atom is -0.496 e. The van der Waals surface area contributed by atoms with Crippen molar-refractivity contribution in [3.05, 3.63) is 47.8 Å². The lowest BCUT2D eigenvalue weighted by Gasteiger charge is -2.16. The topological polar surface area (TPSA) is 38.3 Å². The Labute approximate surface area is 129 Å². The van der Waals surface area contributed by atoms with Gasteiger partial charge in [-0.2, -0.15) is 0 Å². The van der Waals surface area contributed by atoms with Crippen LogP contribution < -0.4 is 10.1 Å². The van der Waals surface area contributed by atoms with E-state index >= 15 is 0 Å². The zero-order valence-electron chi connectivity index (χ0n) is 12.7. The van der Waals surface area contributed by atoms with E-state index in [-0.39, 0.29) is 17.6 Å². The number of hydrogen-bond donors (Lipinski definition) is 1. The second-order valence-corrected chi connectivity index (χ2v) is 5.74. The second kappa shape index (κ2) is 5.79. The van der Waals surface area contributed by atoms with E-state index < -0.39 is 0 Å². The number of carbonyl (C=O) groups excluding carboxylic acids is 1. The maximum absolute atomic E-state index is 13.7. The number of fused-ring (bicyclic) bond motifs is 1. The van der Waals surface area contributed by atoms with Gasteiger partial charge in [0.05, 0.1) is 7.11 Å². The molecular formula is C18H18FNO2. The molecule has 1 aliphatic rings. The molecule has 0 unspecified atom stereocenters. The Bertz CT molecular complexity index is 727. The van der Waals surface area contributed by atoms with E-state index in [0.717, 1.165) is 23.2 Å². The molecule has 0 saturated heterocycles. The van der Waals surface area contributed by atoms with Crippen molar-refractivity contribution in [2.75, 3.05) is 12.4 Å². The van der Waals surface area contributed by atoms with E-state index in [2.05, 4.69) is 5.32 Å². The Hall–Kier alpha value is -2.36. The molecule has 0 saturated carbocycles. The third kappa shape index (κ3) is 2.69. The number of hydrogen-bond acceptors (Lipinski definition) is 2. The van der Waals surface area contributed by atoms with E-state index in [4.69, 9.17) is 4.74 Å². The predicted molar refractivity (Wildman–Crippen MR) is 84.5 cm³/mol. The lowest BCUT2D eigenvalue weighted by molar-refractivity contribution is -0.116. The maximum atomic E-state index is 13.7. The number of ether oxygens (including phenoxy) is 1. The normalized spacial score (nSPS) is 17.4. The van der Waals surface area contributed by atoms with Crippen molar-refractivity contribution in [2.24, 2.45) is 5.92 Å². The molecule has 3 nitrogen and oxygen atoms in total. The first-order chi connectivity index (χ1) is 10.6. The smallest absolute Gasteiger partial charge is 0.224 e. The van der Waals surface area contributed by atoms with Crippen LogP contribution in [0.15, 0.2) is 36.4 Å². The van der Waals surface area contributed by atoms with Crippen LogP contribution in [-0.4, -0.2) is 13.0 Å². The van der Waals surface area contributed by atoms with Gasteiger partial charge in [0.25, 0.3) is 0 Å². The lowest BCUT2D eigenvalue weighted by Crippen LogP contribution is -2.11. The van der Waals surface area contributed by atoms with Crippen molar-refractivity contribution >= 4 is 11.6 Å². The van der Waals surface area contributed by atoms with Gasteiger partial charge in [0.1, 0.15) is 11.6 Å². The first-order valence-electron chi connectivity index (χ1n) is 7.34. The summed E-state index contributed by atoms with van der Waals surface area (Å²) in [6.07, 6.45) is 1.26. The summed E-state index contributed by atoms with van der Waals surface area (Å²) in [6.45, 7) is 2.05. The Morgan fingerprint density at radius 3 is 2.77 bits per heavy atom. The highest BCUT2D eigenvalue weighted by atomic mass is 19.1. The molecular weight excluding hydrogens is 281 g/mol. The van der Waals surface area contributed by atoms with E-state index in [1.807, 2.05) is 25.1 Å². The minimum absolute atomic E-state index is 0.0228. The van der Waals surface area contributed by atoms with Gasteiger partial charge < -0.3 is 10.1 Å². The first-order valence-corrected chi connectivity index (χ1v) is 7.34. The van der Waals surface area contributed by atoms with Gasteiger partial charge in [-0.3, -0.25) is 4.79 Å². The van der Waals surface area contributed by atoms with E-state index in [0.29, 0.717) is 17.7 Å². The Morgan fingerprint density at radius 1 is 1.18 bits per heavy atom. The fourth-order valence-electron chi connectivity index (χ4n) is 3.01. The summed E-state index contributed by atoms with van der Waals surface area (Å²) < 4.78 is 19.1. The minimum atomic E-state index is -0.306. The number of halogens is 1. The summed E-state index contributed by atoms with van der Waals surface area (Å²) in [5.41, 5.74) is 3.45. The third-order valence-electron chi connectivity index (χ3n) is 3.99. The van der Waals surface area contributed by atoms with Crippen molar-refractivity contribution in [1.82, 2.24) is 0 Å². The fourth-order valence-corrected chi connectivity index (χ4v) is 3.01. The average Bonchev–Trinajstić information content (AvgIpc) is 2.63. The lowest BCUT2D eigenvalue weighted by atomic mass is 9.91. The SMILES string of the molecule is COc1ccc(F)cc1-c1cccc2c1C[C@H](C)CC(=O)N2. The van der Waals surface area contributed by atoms with Crippen LogP contribution in [0.2, 0.25) is 0 Å². The van der Waals surface area contributed by atoms with Gasteiger partial charge in [0.2, 0.25) is 5.91 Å². The molecule has 1 atom stereocenters. The Morgan fingerprint density at radius 2 is 2.00 bits per heavy atom. The molecule has 0 radical (unpaired) electrons. The highest BCUT2D eigenvalue weighted by molar-refractivity contribution is 5.94. The highest BCUT2D eigenvalue weighted by Crippen LogP contribution is 2.38. The van der Waals surface area contributed by atoms with Crippen LogP contribution >= 0.6 is 0 Å². The molecule has 22 heavy (non-hydrogen) atoms. The summed E-state index contributed by atoms with van der Waals surface area (Å²) in [6, 6.07) is 10.2. The van der Waals surface area contributed by atoms with Crippen molar-refractivity contribution in [1.29, 1.82) is 0 Å². The van der Waals surface area contributed by atoms with Crippen LogP contribution in [0, 0.1) is 11.7 Å². The molecule has 0 spiro atoms. The molecule has 1 heterocycles. The summed E-state index contributed by atoms with van der Waals surface area (Å²) >= 11 is 0. The van der Waals surface area contributed by atoms with Crippen LogP contribution in [0.3, 0.4) is 0 Å². The van der Waals surface area contributed by atoms with Crippen molar-refractivity contribution in [3.63, 3.8) is 0 Å². The van der Waals surface area contributed by atoms with Crippen molar-refractivity contribution in [3.8, 4) is 16.9 Å². The standard InChI is InChI=1S/C18H18FNO2/c1-11-8-14-13(4-3-5-16(14)20-18(21)9-11)15-10-12(19)6-7-17(15)22-2/h3-7,10-11H,8-9H2,1-2H3,(H,20,21)/t11-/m0/s1. The molecule has 114 valence electrons. The van der Waals surface area contributed by atoms with Gasteiger partial charge in [0.15, 0.2) is 0 Å². The number of nitrogens with one attached hydrogen (secondary N) is 1. The third-order valence-corrected chi connectivity index (χ3v) is 3.99. The van der Waals surface area contributed by atoms with Crippen molar-refractivity contribution < 1.29 is 13.9 Å². The molecule has 2 aromatic rings. The van der Waals surface area contributed by atoms with Gasteiger partial charge in [0, 0.05) is 17.7 Å². The monoisotopic (exact) mass is 299 g/mol. The predicted octanol–water partition coefficient (Wildman–Crippen LogP) is 4.02. The zero-order chi connectivity index (χ0) is 15.7. The summed E-state index contributed by atoms with van der Waals surface area (Å²) in [4.78, 5) is 11.9. The number of carbonyl (C=O) groups is 1. The summed E-state index contributed by atoms with van der Waals surface area (Å²) in [7, 11) is 1.57. The molecule has 1 N–H and O–H groups in total. The summed E-state index contributed by atoms with van der Waals surface area (Å²) in [5.74, 6) is 0.577. The maximum Gasteiger partial charge on any atom is 0.224 e. The van der Waals surface area contributed by atoms with Gasteiger partial charge in [-0.1, -0.05) is 19.1 Å². The quantitative estimate of drug-likeness (QED) is 0.909. The number of anilines is 1. The molecule has 3 rings (SSSR count). The molecule has 2 aromatic carbocycles. The summed E-state index contributed by atoms with van der Waals surface area (Å²) in [5, 5.41) is 2.94. The van der Waals surface area contributed by atoms with Gasteiger partial charge in [-0.15, -0.1) is 0 Å². The zero-order valence-corrected chi connectivity index (χ0v) is 12.7. The van der Waals surface area contributed by atoms with E-state index in [9.17, 15) is 9.18 Å². The van der Waals surface area contributed by atoms with Crippen LogP contribution in [0.5, 0.6) is 5.75 Å².